The van der Waals surface area contributed by atoms with Gasteiger partial charge in [0.1, 0.15) is 5.36 Å². The zero-order chi connectivity index (χ0) is 10.8. The number of allylic oxidation sites excluding steroid dienone is 1. The third kappa shape index (κ3) is 1.80. The van der Waals surface area contributed by atoms with Crippen molar-refractivity contribution < 1.29 is 9.84 Å². The van der Waals surface area contributed by atoms with Gasteiger partial charge in [-0.05, 0) is 18.7 Å². The maximum Gasteiger partial charge on any atom is 0.155 e. The summed E-state index contributed by atoms with van der Waals surface area (Å²) in [5.74, 6) is -0.440. The molecule has 0 unspecified atom stereocenters. The van der Waals surface area contributed by atoms with E-state index in [1.807, 2.05) is 0 Å². The van der Waals surface area contributed by atoms with E-state index in [1.54, 1.807) is 25.3 Å². The normalized spacial score (nSPS) is 16.4. The van der Waals surface area contributed by atoms with Crippen LogP contribution < -0.4 is 15.7 Å². The fourth-order valence-corrected chi connectivity index (χ4v) is 1.49. The predicted octanol–water partition coefficient (Wildman–Crippen LogP) is -0.285. The first kappa shape index (κ1) is 9.98. The van der Waals surface area contributed by atoms with Crippen LogP contribution in [0.4, 0.5) is 0 Å². The Morgan fingerprint density at radius 2 is 2.40 bits per heavy atom. The standard InChI is InChI=1S/C10H9ClN2O2/c1-2-15-10(14)7-5-6-3-4-12-9(11)8(6)13-7/h3-5,14H,2H2,1H3/p-1. The molecule has 4 nitrogen and oxygen atoms in total. The van der Waals surface area contributed by atoms with Crippen molar-refractivity contribution in [2.24, 2.45) is 4.99 Å². The maximum atomic E-state index is 11.4. The number of fused-ring (bicyclic) bond motifs is 1. The highest BCUT2D eigenvalue weighted by molar-refractivity contribution is 6.29. The lowest BCUT2D eigenvalue weighted by atomic mass is 10.3. The largest absolute Gasteiger partial charge is 0.612 e. The van der Waals surface area contributed by atoms with Crippen molar-refractivity contribution in [1.29, 1.82) is 0 Å². The second-order valence-electron chi connectivity index (χ2n) is 2.90. The Morgan fingerprint density at radius 1 is 1.60 bits per heavy atom. The number of halogens is 1. The Labute approximate surface area is 91.2 Å². The third-order valence-electron chi connectivity index (χ3n) is 1.92. The van der Waals surface area contributed by atoms with Crippen LogP contribution in [0.1, 0.15) is 6.92 Å². The van der Waals surface area contributed by atoms with Gasteiger partial charge < -0.3 is 9.84 Å². The van der Waals surface area contributed by atoms with Gasteiger partial charge in [0.2, 0.25) is 0 Å². The molecule has 2 rings (SSSR count). The van der Waals surface area contributed by atoms with E-state index in [0.29, 0.717) is 17.1 Å². The van der Waals surface area contributed by atoms with Crippen molar-refractivity contribution in [3.8, 4) is 0 Å². The summed E-state index contributed by atoms with van der Waals surface area (Å²) in [6.07, 6.45) is 3.21. The quantitative estimate of drug-likeness (QED) is 0.512. The number of rotatable bonds is 2. The van der Waals surface area contributed by atoms with Crippen LogP contribution in [-0.2, 0) is 4.74 Å². The van der Waals surface area contributed by atoms with Crippen LogP contribution in [0, 0.1) is 0 Å². The van der Waals surface area contributed by atoms with Gasteiger partial charge in [0.05, 0.1) is 11.6 Å². The van der Waals surface area contributed by atoms with Crippen molar-refractivity contribution >= 4 is 17.7 Å². The van der Waals surface area contributed by atoms with E-state index in [9.17, 15) is 5.11 Å². The summed E-state index contributed by atoms with van der Waals surface area (Å²) in [4.78, 5) is 7.94. The number of nitrogens with zero attached hydrogens (tertiary/aromatic N) is 2. The minimum Gasteiger partial charge on any atom is -0.612 e. The lowest BCUT2D eigenvalue weighted by Crippen LogP contribution is -2.22. The molecule has 0 atom stereocenters. The molecule has 5 heteroatoms. The van der Waals surface area contributed by atoms with E-state index in [1.165, 1.54) is 0 Å². The molecule has 0 saturated carbocycles. The maximum absolute atomic E-state index is 11.4. The molecule has 1 aliphatic heterocycles. The average Bonchev–Trinajstić information content (AvgIpc) is 2.63. The van der Waals surface area contributed by atoms with Gasteiger partial charge in [-0.1, -0.05) is 18.5 Å². The Hall–Kier alpha value is -1.55. The van der Waals surface area contributed by atoms with Crippen molar-refractivity contribution in [2.45, 2.75) is 6.92 Å². The Kier molecular flexibility index (Phi) is 2.60. The van der Waals surface area contributed by atoms with Crippen molar-refractivity contribution in [2.75, 3.05) is 6.61 Å². The number of hydrogen-bond acceptors (Lipinski definition) is 4. The molecule has 1 aromatic rings. The Bertz CT molecular complexity index is 537. The van der Waals surface area contributed by atoms with Gasteiger partial charge >= 0.3 is 0 Å². The highest BCUT2D eigenvalue weighted by Gasteiger charge is 2.05. The molecule has 0 N–H and O–H groups in total. The monoisotopic (exact) mass is 223 g/mol. The van der Waals surface area contributed by atoms with Gasteiger partial charge in [0.25, 0.3) is 0 Å². The first-order chi connectivity index (χ1) is 7.22. The van der Waals surface area contributed by atoms with Gasteiger partial charge in [-0.15, -0.1) is 0 Å². The zero-order valence-electron chi connectivity index (χ0n) is 8.03. The van der Waals surface area contributed by atoms with Gasteiger partial charge in [0.15, 0.2) is 5.15 Å². The van der Waals surface area contributed by atoms with E-state index in [0.717, 1.165) is 5.22 Å². The lowest BCUT2D eigenvalue weighted by molar-refractivity contribution is -0.357. The van der Waals surface area contributed by atoms with Crippen molar-refractivity contribution in [3.05, 3.63) is 39.6 Å². The van der Waals surface area contributed by atoms with Gasteiger partial charge in [0, 0.05) is 11.4 Å². The summed E-state index contributed by atoms with van der Waals surface area (Å²) >= 11 is 5.83. The molecule has 0 aliphatic carbocycles. The molecular weight excluding hydrogens is 216 g/mol. The molecule has 0 radical (unpaired) electrons. The minimum absolute atomic E-state index is 0.266. The fraction of sp³-hybridized carbons (Fsp3) is 0.200. The Morgan fingerprint density at radius 3 is 3.07 bits per heavy atom. The van der Waals surface area contributed by atoms with E-state index in [4.69, 9.17) is 16.3 Å². The number of pyridine rings is 1. The van der Waals surface area contributed by atoms with Crippen LogP contribution >= 0.6 is 11.6 Å². The van der Waals surface area contributed by atoms with Crippen molar-refractivity contribution in [3.63, 3.8) is 0 Å². The van der Waals surface area contributed by atoms with Crippen LogP contribution in [0.3, 0.4) is 0 Å². The minimum atomic E-state index is -0.440. The molecule has 1 aromatic heterocycles. The van der Waals surface area contributed by atoms with E-state index in [2.05, 4.69) is 9.98 Å². The highest BCUT2D eigenvalue weighted by atomic mass is 35.5. The van der Waals surface area contributed by atoms with E-state index in [-0.39, 0.29) is 5.70 Å². The first-order valence-corrected chi connectivity index (χ1v) is 4.85. The van der Waals surface area contributed by atoms with Crippen LogP contribution in [0.5, 0.6) is 0 Å². The molecular formula is C10H8ClN2O2-. The van der Waals surface area contributed by atoms with Gasteiger partial charge in [-0.2, -0.15) is 0 Å². The van der Waals surface area contributed by atoms with Gasteiger partial charge in [-0.25, -0.2) is 9.98 Å². The SMILES string of the molecule is CCOC([O-])=C1C=c2ccnc(Cl)c2=N1. The van der Waals surface area contributed by atoms with E-state index >= 15 is 0 Å². The molecule has 0 aromatic carbocycles. The third-order valence-corrected chi connectivity index (χ3v) is 2.20. The molecule has 78 valence electrons. The molecule has 0 saturated heterocycles. The topological polar surface area (TPSA) is 57.5 Å². The molecule has 0 bridgehead atoms. The summed E-state index contributed by atoms with van der Waals surface area (Å²) in [6, 6.07) is 1.75. The summed E-state index contributed by atoms with van der Waals surface area (Å²) in [7, 11) is 0. The molecule has 0 fully saturated rings. The zero-order valence-corrected chi connectivity index (χ0v) is 8.78. The molecule has 15 heavy (non-hydrogen) atoms. The van der Waals surface area contributed by atoms with Crippen LogP contribution in [0.15, 0.2) is 28.9 Å². The summed E-state index contributed by atoms with van der Waals surface area (Å²) in [5, 5.41) is 13.0. The molecule has 2 heterocycles. The Balaban J connectivity index is 2.57. The van der Waals surface area contributed by atoms with E-state index < -0.39 is 5.95 Å². The summed E-state index contributed by atoms with van der Waals surface area (Å²) < 4.78 is 4.83. The van der Waals surface area contributed by atoms with Crippen LogP contribution in [0.25, 0.3) is 6.08 Å². The van der Waals surface area contributed by atoms with Gasteiger partial charge in [-0.3, -0.25) is 0 Å². The fourth-order valence-electron chi connectivity index (χ4n) is 1.28. The second kappa shape index (κ2) is 3.90. The smallest absolute Gasteiger partial charge is 0.155 e. The highest BCUT2D eigenvalue weighted by Crippen LogP contribution is 2.07. The molecule has 0 amide bonds. The first-order valence-electron chi connectivity index (χ1n) is 4.47. The molecule has 0 spiro atoms. The predicted molar refractivity (Wildman–Crippen MR) is 53.1 cm³/mol. The second-order valence-corrected chi connectivity index (χ2v) is 3.26. The number of aromatic nitrogens is 1. The average molecular weight is 224 g/mol. The number of hydrogen-bond donors (Lipinski definition) is 0. The number of ether oxygens (including phenoxy) is 1. The van der Waals surface area contributed by atoms with Crippen LogP contribution in [0.2, 0.25) is 5.15 Å². The summed E-state index contributed by atoms with van der Waals surface area (Å²) in [5.41, 5.74) is 0.266. The van der Waals surface area contributed by atoms with Crippen LogP contribution in [-0.4, -0.2) is 11.6 Å². The lowest BCUT2D eigenvalue weighted by Gasteiger charge is -2.12. The summed E-state index contributed by atoms with van der Waals surface area (Å²) in [6.45, 7) is 2.07. The van der Waals surface area contributed by atoms with Crippen molar-refractivity contribution in [1.82, 2.24) is 4.98 Å². The molecule has 1 aliphatic rings.